The Balaban J connectivity index is 2.25. The number of hydrogen-bond acceptors (Lipinski definition) is 3. The second-order valence-electron chi connectivity index (χ2n) is 5.26. The van der Waals surface area contributed by atoms with Gasteiger partial charge in [-0.3, -0.25) is 0 Å². The molecule has 114 valence electrons. The third-order valence-corrected chi connectivity index (χ3v) is 5.72. The van der Waals surface area contributed by atoms with Crippen molar-refractivity contribution in [3.63, 3.8) is 0 Å². The molecule has 2 aromatic carbocycles. The van der Waals surface area contributed by atoms with Crippen LogP contribution in [0.5, 0.6) is 5.75 Å². The predicted octanol–water partition coefficient (Wildman–Crippen LogP) is 3.63. The summed E-state index contributed by atoms with van der Waals surface area (Å²) in [6, 6.07) is 12.3. The third-order valence-electron chi connectivity index (χ3n) is 3.78. The molecule has 0 amide bonds. The van der Waals surface area contributed by atoms with Gasteiger partial charge in [0.1, 0.15) is 5.75 Å². The highest BCUT2D eigenvalue weighted by atomic mass is 32.2. The van der Waals surface area contributed by atoms with E-state index < -0.39 is 9.84 Å². The van der Waals surface area contributed by atoms with Gasteiger partial charge in [0.05, 0.1) is 16.9 Å². The van der Waals surface area contributed by atoms with Crippen LogP contribution in [0.2, 0.25) is 0 Å². The van der Waals surface area contributed by atoms with Crippen molar-refractivity contribution in [3.8, 4) is 5.75 Å². The Hall–Kier alpha value is -2.27. The standard InChI is InChI=1S/C17H17NO3S/c1-11-10-13(8-9-16(11)21-3)22(19,20)17-12(2)18-15-7-5-4-6-14(15)17/h4-10,18H,1-3H3. The van der Waals surface area contributed by atoms with E-state index in [0.717, 1.165) is 11.1 Å². The van der Waals surface area contributed by atoms with Crippen LogP contribution in [0.3, 0.4) is 0 Å². The Kier molecular flexibility index (Phi) is 3.45. The fourth-order valence-electron chi connectivity index (χ4n) is 2.73. The molecule has 0 fully saturated rings. The second-order valence-corrected chi connectivity index (χ2v) is 7.15. The first-order valence-electron chi connectivity index (χ1n) is 6.92. The number of rotatable bonds is 3. The number of aromatic amines is 1. The highest BCUT2D eigenvalue weighted by Crippen LogP contribution is 2.32. The lowest BCUT2D eigenvalue weighted by Crippen LogP contribution is -2.04. The number of methoxy groups -OCH3 is 1. The lowest BCUT2D eigenvalue weighted by molar-refractivity contribution is 0.411. The van der Waals surface area contributed by atoms with Gasteiger partial charge in [0.2, 0.25) is 9.84 Å². The van der Waals surface area contributed by atoms with Gasteiger partial charge in [0.25, 0.3) is 0 Å². The molecule has 4 nitrogen and oxygen atoms in total. The first-order valence-corrected chi connectivity index (χ1v) is 8.40. The summed E-state index contributed by atoms with van der Waals surface area (Å²) in [4.78, 5) is 3.75. The van der Waals surface area contributed by atoms with E-state index in [-0.39, 0.29) is 4.90 Å². The Morgan fingerprint density at radius 1 is 1.05 bits per heavy atom. The third kappa shape index (κ3) is 2.18. The molecule has 22 heavy (non-hydrogen) atoms. The average molecular weight is 315 g/mol. The summed E-state index contributed by atoms with van der Waals surface area (Å²) in [5.41, 5.74) is 2.26. The van der Waals surface area contributed by atoms with Crippen molar-refractivity contribution in [1.29, 1.82) is 0 Å². The fraction of sp³-hybridized carbons (Fsp3) is 0.176. The van der Waals surface area contributed by atoms with E-state index in [4.69, 9.17) is 4.74 Å². The van der Waals surface area contributed by atoms with Gasteiger partial charge in [-0.15, -0.1) is 0 Å². The van der Waals surface area contributed by atoms with Gasteiger partial charge in [0, 0.05) is 16.6 Å². The molecule has 3 rings (SSSR count). The maximum atomic E-state index is 13.0. The van der Waals surface area contributed by atoms with Crippen molar-refractivity contribution in [2.24, 2.45) is 0 Å². The van der Waals surface area contributed by atoms with E-state index >= 15 is 0 Å². The van der Waals surface area contributed by atoms with Crippen LogP contribution in [0.25, 0.3) is 10.9 Å². The van der Waals surface area contributed by atoms with Crippen molar-refractivity contribution in [3.05, 3.63) is 53.7 Å². The van der Waals surface area contributed by atoms with Crippen molar-refractivity contribution in [2.45, 2.75) is 23.6 Å². The first-order chi connectivity index (χ1) is 10.4. The van der Waals surface area contributed by atoms with E-state index in [9.17, 15) is 8.42 Å². The van der Waals surface area contributed by atoms with Crippen LogP contribution in [0.15, 0.2) is 52.3 Å². The van der Waals surface area contributed by atoms with E-state index in [1.807, 2.05) is 31.2 Å². The molecule has 0 aliphatic rings. The van der Waals surface area contributed by atoms with Gasteiger partial charge in [-0.25, -0.2) is 8.42 Å². The number of hydrogen-bond donors (Lipinski definition) is 1. The lowest BCUT2D eigenvalue weighted by Gasteiger charge is -2.09. The minimum atomic E-state index is -3.59. The molecular weight excluding hydrogens is 298 g/mol. The number of ether oxygens (including phenoxy) is 1. The summed E-state index contributed by atoms with van der Waals surface area (Å²) in [6.07, 6.45) is 0. The zero-order valence-electron chi connectivity index (χ0n) is 12.7. The molecule has 0 radical (unpaired) electrons. The molecule has 0 bridgehead atoms. The molecule has 1 heterocycles. The van der Waals surface area contributed by atoms with Crippen molar-refractivity contribution in [1.82, 2.24) is 4.98 Å². The molecule has 0 atom stereocenters. The highest BCUT2D eigenvalue weighted by molar-refractivity contribution is 7.91. The molecule has 0 aliphatic heterocycles. The smallest absolute Gasteiger partial charge is 0.208 e. The van der Waals surface area contributed by atoms with Gasteiger partial charge in [-0.1, -0.05) is 18.2 Å². The van der Waals surface area contributed by atoms with Crippen LogP contribution >= 0.6 is 0 Å². The maximum absolute atomic E-state index is 13.0. The molecule has 0 aliphatic carbocycles. The predicted molar refractivity (Wildman–Crippen MR) is 86.2 cm³/mol. The summed E-state index contributed by atoms with van der Waals surface area (Å²) in [5, 5.41) is 0.716. The van der Waals surface area contributed by atoms with Gasteiger partial charge in [-0.05, 0) is 43.7 Å². The minimum Gasteiger partial charge on any atom is -0.496 e. The van der Waals surface area contributed by atoms with Crippen LogP contribution < -0.4 is 4.74 Å². The molecule has 0 spiro atoms. The summed E-state index contributed by atoms with van der Waals surface area (Å²) in [7, 11) is -2.02. The Morgan fingerprint density at radius 2 is 1.77 bits per heavy atom. The van der Waals surface area contributed by atoms with Gasteiger partial charge in [0.15, 0.2) is 0 Å². The Bertz CT molecular complexity index is 955. The molecule has 1 N–H and O–H groups in total. The number of aromatic nitrogens is 1. The zero-order valence-corrected chi connectivity index (χ0v) is 13.5. The van der Waals surface area contributed by atoms with E-state index in [0.29, 0.717) is 21.7 Å². The van der Waals surface area contributed by atoms with Crippen molar-refractivity contribution in [2.75, 3.05) is 7.11 Å². The summed E-state index contributed by atoms with van der Waals surface area (Å²) in [6.45, 7) is 3.61. The van der Waals surface area contributed by atoms with Gasteiger partial charge < -0.3 is 9.72 Å². The molecule has 0 saturated carbocycles. The van der Waals surface area contributed by atoms with Crippen LogP contribution in [0, 0.1) is 13.8 Å². The average Bonchev–Trinajstić information content (AvgIpc) is 2.83. The molecular formula is C17H17NO3S. The van der Waals surface area contributed by atoms with Crippen molar-refractivity contribution >= 4 is 20.7 Å². The van der Waals surface area contributed by atoms with Crippen LogP contribution in [-0.4, -0.2) is 20.5 Å². The number of para-hydroxylation sites is 1. The SMILES string of the molecule is COc1ccc(S(=O)(=O)c2c(C)[nH]c3ccccc23)cc1C. The monoisotopic (exact) mass is 315 g/mol. The van der Waals surface area contributed by atoms with Crippen LogP contribution in [0.1, 0.15) is 11.3 Å². The number of benzene rings is 2. The van der Waals surface area contributed by atoms with E-state index in [1.165, 1.54) is 0 Å². The molecule has 0 saturated heterocycles. The van der Waals surface area contributed by atoms with E-state index in [1.54, 1.807) is 32.2 Å². The zero-order chi connectivity index (χ0) is 15.9. The van der Waals surface area contributed by atoms with E-state index in [2.05, 4.69) is 4.98 Å². The number of sulfone groups is 1. The lowest BCUT2D eigenvalue weighted by atomic mass is 10.2. The molecule has 1 aromatic heterocycles. The molecule has 5 heteroatoms. The number of fused-ring (bicyclic) bond motifs is 1. The van der Waals surface area contributed by atoms with Gasteiger partial charge in [-0.2, -0.15) is 0 Å². The van der Waals surface area contributed by atoms with Gasteiger partial charge >= 0.3 is 0 Å². The summed E-state index contributed by atoms with van der Waals surface area (Å²) >= 11 is 0. The van der Waals surface area contributed by atoms with Crippen molar-refractivity contribution < 1.29 is 13.2 Å². The highest BCUT2D eigenvalue weighted by Gasteiger charge is 2.25. The molecule has 0 unspecified atom stereocenters. The number of aryl methyl sites for hydroxylation is 2. The summed E-state index contributed by atoms with van der Waals surface area (Å²) in [5.74, 6) is 0.676. The largest absolute Gasteiger partial charge is 0.496 e. The topological polar surface area (TPSA) is 59.2 Å². The fourth-order valence-corrected chi connectivity index (χ4v) is 4.47. The number of nitrogens with one attached hydrogen (secondary N) is 1. The maximum Gasteiger partial charge on any atom is 0.208 e. The first kappa shape index (κ1) is 14.7. The minimum absolute atomic E-state index is 0.277. The second kappa shape index (κ2) is 5.18. The molecule has 3 aromatic rings. The normalized spacial score (nSPS) is 11.8. The number of H-pyrrole nitrogens is 1. The van der Waals surface area contributed by atoms with Crippen LogP contribution in [-0.2, 0) is 9.84 Å². The Labute approximate surface area is 129 Å². The summed E-state index contributed by atoms with van der Waals surface area (Å²) < 4.78 is 31.2. The Morgan fingerprint density at radius 3 is 2.45 bits per heavy atom. The van der Waals surface area contributed by atoms with Crippen LogP contribution in [0.4, 0.5) is 0 Å². The quantitative estimate of drug-likeness (QED) is 0.803.